The summed E-state index contributed by atoms with van der Waals surface area (Å²) >= 11 is 0. The van der Waals surface area contributed by atoms with E-state index in [4.69, 9.17) is 18.4 Å². The standard InChI is InChI=1S/C8H22O4Si2/c1-10-13(11-2)6-5-7-14(4,8-9)12-3/h9,13H,5-8H2,1-4H3. The maximum atomic E-state index is 9.15. The van der Waals surface area contributed by atoms with Crippen LogP contribution in [0.2, 0.25) is 18.6 Å². The molecule has 1 unspecified atom stereocenters. The van der Waals surface area contributed by atoms with E-state index in [9.17, 15) is 0 Å². The van der Waals surface area contributed by atoms with Crippen LogP contribution in [0.25, 0.3) is 0 Å². The van der Waals surface area contributed by atoms with Crippen LogP contribution in [0.1, 0.15) is 6.42 Å². The lowest BCUT2D eigenvalue weighted by Gasteiger charge is -2.22. The van der Waals surface area contributed by atoms with E-state index in [0.29, 0.717) is 0 Å². The highest BCUT2D eigenvalue weighted by atomic mass is 28.4. The zero-order valence-corrected chi connectivity index (χ0v) is 11.7. The summed E-state index contributed by atoms with van der Waals surface area (Å²) in [5.41, 5.74) is 0. The van der Waals surface area contributed by atoms with Crippen molar-refractivity contribution in [3.05, 3.63) is 0 Å². The molecule has 1 atom stereocenters. The van der Waals surface area contributed by atoms with Gasteiger partial charge in [-0.3, -0.25) is 0 Å². The summed E-state index contributed by atoms with van der Waals surface area (Å²) in [5, 5.41) is 9.15. The van der Waals surface area contributed by atoms with Crippen LogP contribution in [0, 0.1) is 0 Å². The van der Waals surface area contributed by atoms with Gasteiger partial charge < -0.3 is 18.4 Å². The zero-order valence-electron chi connectivity index (χ0n) is 9.58. The molecule has 0 saturated heterocycles. The third-order valence-electron chi connectivity index (χ3n) is 2.50. The first-order valence-corrected chi connectivity index (χ1v) is 9.41. The lowest BCUT2D eigenvalue weighted by atomic mass is 10.6. The summed E-state index contributed by atoms with van der Waals surface area (Å²) in [7, 11) is 1.83. The summed E-state index contributed by atoms with van der Waals surface area (Å²) in [4.78, 5) is 0. The van der Waals surface area contributed by atoms with Gasteiger partial charge in [-0.2, -0.15) is 0 Å². The Morgan fingerprint density at radius 1 is 1.21 bits per heavy atom. The van der Waals surface area contributed by atoms with Gasteiger partial charge in [0.25, 0.3) is 0 Å². The molecule has 0 aromatic carbocycles. The molecule has 0 aromatic rings. The van der Waals surface area contributed by atoms with Crippen molar-refractivity contribution in [3.63, 3.8) is 0 Å². The van der Waals surface area contributed by atoms with Crippen LogP contribution in [-0.4, -0.2) is 50.3 Å². The van der Waals surface area contributed by atoms with Gasteiger partial charge in [0.15, 0.2) is 0 Å². The minimum atomic E-state index is -1.82. The summed E-state index contributed by atoms with van der Waals surface area (Å²) in [5.74, 6) is 0. The van der Waals surface area contributed by atoms with E-state index in [-0.39, 0.29) is 6.23 Å². The Bertz CT molecular complexity index is 137. The van der Waals surface area contributed by atoms with Crippen molar-refractivity contribution in [3.8, 4) is 0 Å². The van der Waals surface area contributed by atoms with Crippen LogP contribution in [0.15, 0.2) is 0 Å². The van der Waals surface area contributed by atoms with Gasteiger partial charge >= 0.3 is 9.28 Å². The van der Waals surface area contributed by atoms with Crippen molar-refractivity contribution in [2.24, 2.45) is 0 Å². The van der Waals surface area contributed by atoms with E-state index in [1.54, 1.807) is 21.3 Å². The van der Waals surface area contributed by atoms with Gasteiger partial charge in [-0.25, -0.2) is 0 Å². The Hall–Kier alpha value is 0.274. The molecule has 1 N–H and O–H groups in total. The molecule has 0 heterocycles. The largest absolute Gasteiger partial charge is 0.418 e. The highest BCUT2D eigenvalue weighted by Crippen LogP contribution is 2.15. The SMILES string of the molecule is CO[SiH](CCC[Si](C)(CO)OC)OC. The lowest BCUT2D eigenvalue weighted by Crippen LogP contribution is -2.38. The molecule has 0 rings (SSSR count). The van der Waals surface area contributed by atoms with Gasteiger partial charge in [0.05, 0.1) is 6.23 Å². The van der Waals surface area contributed by atoms with Crippen molar-refractivity contribution in [1.82, 2.24) is 0 Å². The normalized spacial score (nSPS) is 15.9. The van der Waals surface area contributed by atoms with Crippen LogP contribution in [0.3, 0.4) is 0 Å². The first-order valence-electron chi connectivity index (χ1n) is 4.83. The van der Waals surface area contributed by atoms with Gasteiger partial charge in [0.2, 0.25) is 8.32 Å². The lowest BCUT2D eigenvalue weighted by molar-refractivity contribution is 0.275. The molecular weight excluding hydrogens is 216 g/mol. The number of aliphatic hydroxyl groups is 1. The number of rotatable bonds is 8. The smallest absolute Gasteiger partial charge is 0.320 e. The highest BCUT2D eigenvalue weighted by molar-refractivity contribution is 6.72. The molecule has 6 heteroatoms. The molecule has 0 saturated carbocycles. The van der Waals surface area contributed by atoms with Crippen LogP contribution in [0.4, 0.5) is 0 Å². The molecule has 14 heavy (non-hydrogen) atoms. The fraction of sp³-hybridized carbons (Fsp3) is 1.00. The summed E-state index contributed by atoms with van der Waals surface area (Å²) < 4.78 is 15.8. The molecule has 0 aromatic heterocycles. The second kappa shape index (κ2) is 7.55. The van der Waals surface area contributed by atoms with E-state index < -0.39 is 17.6 Å². The predicted molar refractivity (Wildman–Crippen MR) is 61.1 cm³/mol. The molecule has 0 radical (unpaired) electrons. The molecule has 86 valence electrons. The number of hydrogen-bond acceptors (Lipinski definition) is 4. The van der Waals surface area contributed by atoms with E-state index in [1.807, 2.05) is 6.55 Å². The Balaban J connectivity index is 3.70. The quantitative estimate of drug-likeness (QED) is 0.631. The fourth-order valence-electron chi connectivity index (χ4n) is 1.22. The topological polar surface area (TPSA) is 47.9 Å². The van der Waals surface area contributed by atoms with Gasteiger partial charge in [0, 0.05) is 21.3 Å². The minimum Gasteiger partial charge on any atom is -0.418 e. The van der Waals surface area contributed by atoms with Gasteiger partial charge in [-0.1, -0.05) is 6.42 Å². The first kappa shape index (κ1) is 14.3. The van der Waals surface area contributed by atoms with E-state index >= 15 is 0 Å². The van der Waals surface area contributed by atoms with Gasteiger partial charge in [0.1, 0.15) is 0 Å². The Labute approximate surface area is 89.2 Å². The average molecular weight is 238 g/mol. The number of hydrogen-bond donors (Lipinski definition) is 1. The third-order valence-corrected chi connectivity index (χ3v) is 7.50. The third kappa shape index (κ3) is 5.23. The maximum absolute atomic E-state index is 9.15. The Kier molecular flexibility index (Phi) is 7.70. The van der Waals surface area contributed by atoms with E-state index in [2.05, 4.69) is 0 Å². The summed E-state index contributed by atoms with van der Waals surface area (Å²) in [6.45, 7) is 2.04. The first-order chi connectivity index (χ1) is 6.61. The molecule has 0 aliphatic heterocycles. The second-order valence-corrected chi connectivity index (χ2v) is 10.1. The fourth-order valence-corrected chi connectivity index (χ4v) is 4.27. The Morgan fingerprint density at radius 3 is 2.14 bits per heavy atom. The van der Waals surface area contributed by atoms with Crippen LogP contribution >= 0.6 is 0 Å². The molecular formula is C8H22O4Si2. The molecule has 0 spiro atoms. The maximum Gasteiger partial charge on any atom is 0.320 e. The van der Waals surface area contributed by atoms with E-state index in [0.717, 1.165) is 18.5 Å². The molecule has 4 nitrogen and oxygen atoms in total. The average Bonchev–Trinajstić information content (AvgIpc) is 2.24. The predicted octanol–water partition coefficient (Wildman–Crippen LogP) is 0.643. The zero-order chi connectivity index (χ0) is 11.0. The Morgan fingerprint density at radius 2 is 1.79 bits per heavy atom. The molecule has 0 aliphatic rings. The van der Waals surface area contributed by atoms with Gasteiger partial charge in [-0.05, 0) is 18.6 Å². The highest BCUT2D eigenvalue weighted by Gasteiger charge is 2.26. The van der Waals surface area contributed by atoms with Crippen molar-refractivity contribution in [2.45, 2.75) is 25.1 Å². The number of aliphatic hydroxyl groups excluding tert-OH is 1. The van der Waals surface area contributed by atoms with Crippen molar-refractivity contribution < 1.29 is 18.4 Å². The van der Waals surface area contributed by atoms with Crippen molar-refractivity contribution in [1.29, 1.82) is 0 Å². The van der Waals surface area contributed by atoms with Crippen molar-refractivity contribution in [2.75, 3.05) is 27.6 Å². The summed E-state index contributed by atoms with van der Waals surface area (Å²) in [6, 6.07) is 1.95. The molecule has 0 fully saturated rings. The van der Waals surface area contributed by atoms with Crippen LogP contribution in [-0.2, 0) is 13.3 Å². The van der Waals surface area contributed by atoms with Crippen LogP contribution in [0.5, 0.6) is 0 Å². The molecule has 0 bridgehead atoms. The monoisotopic (exact) mass is 238 g/mol. The molecule has 0 aliphatic carbocycles. The van der Waals surface area contributed by atoms with Crippen LogP contribution < -0.4 is 0 Å². The molecule has 0 amide bonds. The van der Waals surface area contributed by atoms with Gasteiger partial charge in [-0.15, -0.1) is 0 Å². The minimum absolute atomic E-state index is 0.190. The second-order valence-electron chi connectivity index (χ2n) is 3.61. The van der Waals surface area contributed by atoms with E-state index in [1.165, 1.54) is 0 Å². The summed E-state index contributed by atoms with van der Waals surface area (Å²) in [6.07, 6.45) is 1.21. The van der Waals surface area contributed by atoms with Crippen molar-refractivity contribution >= 4 is 17.6 Å².